The van der Waals surface area contributed by atoms with Crippen LogP contribution < -0.4 is 5.32 Å². The summed E-state index contributed by atoms with van der Waals surface area (Å²) in [6, 6.07) is 9.74. The number of aliphatic imine (C=N–C) groups is 1. The third-order valence-electron chi connectivity index (χ3n) is 4.26. The predicted molar refractivity (Wildman–Crippen MR) is 115 cm³/mol. The first-order valence-corrected chi connectivity index (χ1v) is 8.82. The molecule has 0 spiro atoms. The van der Waals surface area contributed by atoms with E-state index < -0.39 is 0 Å². The molecule has 1 aromatic heterocycles. The van der Waals surface area contributed by atoms with Crippen molar-refractivity contribution < 1.29 is 4.74 Å². The molecule has 0 aliphatic carbocycles. The summed E-state index contributed by atoms with van der Waals surface area (Å²) in [5.74, 6) is 0.868. The Morgan fingerprint density at radius 2 is 2.33 bits per heavy atom. The molecule has 144 valence electrons. The van der Waals surface area contributed by atoms with E-state index in [1.165, 1.54) is 0 Å². The lowest BCUT2D eigenvalue weighted by Gasteiger charge is -2.34. The Kier molecular flexibility index (Phi) is 8.06. The predicted octanol–water partition coefficient (Wildman–Crippen LogP) is 2.45. The van der Waals surface area contributed by atoms with Gasteiger partial charge in [0.25, 0.3) is 0 Å². The van der Waals surface area contributed by atoms with E-state index in [-0.39, 0.29) is 30.1 Å². The van der Waals surface area contributed by atoms with Gasteiger partial charge in [-0.3, -0.25) is 4.68 Å². The Hall–Kier alpha value is -2.12. The Labute approximate surface area is 177 Å². The van der Waals surface area contributed by atoms with E-state index in [2.05, 4.69) is 28.3 Å². The molecular formula is C19H25IN6O. The van der Waals surface area contributed by atoms with Crippen molar-refractivity contribution in [3.05, 3.63) is 53.3 Å². The zero-order chi connectivity index (χ0) is 18.4. The van der Waals surface area contributed by atoms with Crippen molar-refractivity contribution in [2.24, 2.45) is 12.0 Å². The molecule has 0 radical (unpaired) electrons. The second-order valence-corrected chi connectivity index (χ2v) is 6.24. The lowest BCUT2D eigenvalue weighted by Crippen LogP contribution is -2.48. The number of nitrogens with one attached hydrogen (secondary N) is 1. The second kappa shape index (κ2) is 10.3. The molecule has 1 N–H and O–H groups in total. The summed E-state index contributed by atoms with van der Waals surface area (Å²) in [6.45, 7) is 5.56. The molecule has 0 saturated carbocycles. The number of nitriles is 1. The van der Waals surface area contributed by atoms with Gasteiger partial charge in [-0.15, -0.1) is 24.0 Å². The Morgan fingerprint density at radius 1 is 1.48 bits per heavy atom. The minimum absolute atomic E-state index is 0. The average Bonchev–Trinajstić information content (AvgIpc) is 3.12. The van der Waals surface area contributed by atoms with Crippen LogP contribution in [0, 0.1) is 11.3 Å². The summed E-state index contributed by atoms with van der Waals surface area (Å²) >= 11 is 0. The van der Waals surface area contributed by atoms with Crippen molar-refractivity contribution in [1.29, 1.82) is 5.26 Å². The first kappa shape index (κ1) is 21.2. The quantitative estimate of drug-likeness (QED) is 0.413. The van der Waals surface area contributed by atoms with Crippen molar-refractivity contribution >= 4 is 29.9 Å². The van der Waals surface area contributed by atoms with Crippen LogP contribution in [0.25, 0.3) is 0 Å². The number of hydrogen-bond acceptors (Lipinski definition) is 4. The van der Waals surface area contributed by atoms with Gasteiger partial charge in [-0.1, -0.05) is 12.1 Å². The fraction of sp³-hybridized carbons (Fsp3) is 0.421. The highest BCUT2D eigenvalue weighted by molar-refractivity contribution is 14.0. The van der Waals surface area contributed by atoms with Crippen LogP contribution in [0.4, 0.5) is 0 Å². The number of nitrogens with zero attached hydrogens (tertiary/aromatic N) is 5. The number of benzene rings is 1. The van der Waals surface area contributed by atoms with Crippen molar-refractivity contribution in [2.45, 2.75) is 19.6 Å². The molecule has 3 rings (SSSR count). The van der Waals surface area contributed by atoms with Crippen LogP contribution >= 0.6 is 24.0 Å². The van der Waals surface area contributed by atoms with Crippen LogP contribution in [-0.4, -0.2) is 46.9 Å². The highest BCUT2D eigenvalue weighted by Gasteiger charge is 2.25. The van der Waals surface area contributed by atoms with Crippen molar-refractivity contribution in [3.63, 3.8) is 0 Å². The largest absolute Gasteiger partial charge is 0.370 e. The van der Waals surface area contributed by atoms with E-state index in [0.29, 0.717) is 18.7 Å². The van der Waals surface area contributed by atoms with Gasteiger partial charge < -0.3 is 15.0 Å². The van der Waals surface area contributed by atoms with Crippen LogP contribution in [0.2, 0.25) is 0 Å². The topological polar surface area (TPSA) is 78.5 Å². The van der Waals surface area contributed by atoms with Crippen molar-refractivity contribution in [1.82, 2.24) is 20.0 Å². The number of guanidine groups is 1. The lowest BCUT2D eigenvalue weighted by atomic mass is 10.1. The third kappa shape index (κ3) is 5.68. The third-order valence-corrected chi connectivity index (χ3v) is 4.26. The molecule has 27 heavy (non-hydrogen) atoms. The normalized spacial score (nSPS) is 17.1. The van der Waals surface area contributed by atoms with E-state index in [1.807, 2.05) is 37.6 Å². The number of morpholine rings is 1. The molecule has 0 bridgehead atoms. The SMILES string of the molecule is CCNC(=NCc1cccc(C#N)c1)N1CCOC(c2cnn(C)c2)C1.I. The molecule has 8 heteroatoms. The van der Waals surface area contributed by atoms with Gasteiger partial charge in [-0.05, 0) is 24.6 Å². The zero-order valence-electron chi connectivity index (χ0n) is 15.6. The van der Waals surface area contributed by atoms with E-state index in [4.69, 9.17) is 15.0 Å². The van der Waals surface area contributed by atoms with Gasteiger partial charge in [0.05, 0.1) is 37.5 Å². The Morgan fingerprint density at radius 3 is 3.04 bits per heavy atom. The van der Waals surface area contributed by atoms with Crippen molar-refractivity contribution in [3.8, 4) is 6.07 Å². The van der Waals surface area contributed by atoms with Gasteiger partial charge in [0, 0.05) is 31.9 Å². The number of aromatic nitrogens is 2. The zero-order valence-corrected chi connectivity index (χ0v) is 18.0. The number of halogens is 1. The molecule has 1 unspecified atom stereocenters. The minimum atomic E-state index is -0.0109. The molecule has 1 fully saturated rings. The molecule has 1 aliphatic heterocycles. The van der Waals surface area contributed by atoms with Gasteiger partial charge in [0.1, 0.15) is 6.10 Å². The van der Waals surface area contributed by atoms with Crippen molar-refractivity contribution in [2.75, 3.05) is 26.2 Å². The summed E-state index contributed by atoms with van der Waals surface area (Å²) in [4.78, 5) is 6.98. The fourth-order valence-electron chi connectivity index (χ4n) is 2.98. The molecule has 2 aromatic rings. The molecule has 7 nitrogen and oxygen atoms in total. The van der Waals surface area contributed by atoms with E-state index in [0.717, 1.165) is 36.7 Å². The van der Waals surface area contributed by atoms with Crippen LogP contribution in [0.5, 0.6) is 0 Å². The van der Waals surface area contributed by atoms with Crippen LogP contribution in [0.15, 0.2) is 41.7 Å². The first-order chi connectivity index (χ1) is 12.7. The smallest absolute Gasteiger partial charge is 0.194 e. The average molecular weight is 480 g/mol. The Balaban J connectivity index is 0.00000261. The standard InChI is InChI=1S/C19H24N6O.HI/c1-3-21-19(22-11-16-6-4-5-15(9-16)10-20)25-7-8-26-18(14-25)17-12-23-24(2)13-17;/h4-6,9,12-13,18H,3,7-8,11,14H2,1-2H3,(H,21,22);1H. The molecule has 0 amide bonds. The maximum atomic E-state index is 9.04. The van der Waals surface area contributed by atoms with Crippen LogP contribution in [0.1, 0.15) is 29.7 Å². The summed E-state index contributed by atoms with van der Waals surface area (Å²) < 4.78 is 7.71. The number of ether oxygens (including phenoxy) is 1. The molecule has 1 aliphatic rings. The first-order valence-electron chi connectivity index (χ1n) is 8.82. The van der Waals surface area contributed by atoms with Crippen LogP contribution in [-0.2, 0) is 18.3 Å². The minimum Gasteiger partial charge on any atom is -0.370 e. The van der Waals surface area contributed by atoms with Crippen LogP contribution in [0.3, 0.4) is 0 Å². The van der Waals surface area contributed by atoms with E-state index >= 15 is 0 Å². The van der Waals surface area contributed by atoms with E-state index in [9.17, 15) is 0 Å². The highest BCUT2D eigenvalue weighted by atomic mass is 127. The summed E-state index contributed by atoms with van der Waals surface area (Å²) in [6.07, 6.45) is 3.83. The maximum absolute atomic E-state index is 9.04. The van der Waals surface area contributed by atoms with Gasteiger partial charge in [-0.25, -0.2) is 4.99 Å². The monoisotopic (exact) mass is 480 g/mol. The lowest BCUT2D eigenvalue weighted by molar-refractivity contribution is -0.00805. The number of aryl methyl sites for hydroxylation is 1. The van der Waals surface area contributed by atoms with E-state index in [1.54, 1.807) is 10.7 Å². The van der Waals surface area contributed by atoms with Gasteiger partial charge in [0.15, 0.2) is 5.96 Å². The van der Waals surface area contributed by atoms with Gasteiger partial charge in [0.2, 0.25) is 0 Å². The highest BCUT2D eigenvalue weighted by Crippen LogP contribution is 2.21. The fourth-order valence-corrected chi connectivity index (χ4v) is 2.98. The van der Waals surface area contributed by atoms with Gasteiger partial charge >= 0.3 is 0 Å². The summed E-state index contributed by atoms with van der Waals surface area (Å²) in [5, 5.41) is 16.6. The maximum Gasteiger partial charge on any atom is 0.194 e. The molecule has 1 saturated heterocycles. The summed E-state index contributed by atoms with van der Waals surface area (Å²) in [7, 11) is 1.91. The molecular weight excluding hydrogens is 455 g/mol. The number of rotatable bonds is 4. The second-order valence-electron chi connectivity index (χ2n) is 6.24. The number of hydrogen-bond donors (Lipinski definition) is 1. The summed E-state index contributed by atoms with van der Waals surface area (Å²) in [5.41, 5.74) is 2.76. The molecule has 2 heterocycles. The van der Waals surface area contributed by atoms with Gasteiger partial charge in [-0.2, -0.15) is 10.4 Å². The Bertz CT molecular complexity index is 813. The molecule has 1 aromatic carbocycles. The molecule has 1 atom stereocenters.